The number of amides is 1. The Balaban J connectivity index is 4.62. The van der Waals surface area contributed by atoms with Crippen LogP contribution in [0.4, 0.5) is 0 Å². The summed E-state index contributed by atoms with van der Waals surface area (Å²) in [5.41, 5.74) is 0. The predicted octanol–water partition coefficient (Wildman–Crippen LogP) is 16.6. The van der Waals surface area contributed by atoms with Gasteiger partial charge in [0.2, 0.25) is 5.91 Å². The van der Waals surface area contributed by atoms with E-state index < -0.39 is 18.2 Å². The lowest BCUT2D eigenvalue weighted by atomic mass is 10.0. The van der Waals surface area contributed by atoms with E-state index in [-0.39, 0.29) is 24.9 Å². The molecule has 0 bridgehead atoms. The Morgan fingerprint density at radius 2 is 0.859 bits per heavy atom. The molecule has 0 radical (unpaired) electrons. The largest absolute Gasteiger partial charge is 0.462 e. The van der Waals surface area contributed by atoms with Crippen LogP contribution < -0.4 is 5.32 Å². The molecule has 0 heterocycles. The van der Waals surface area contributed by atoms with Gasteiger partial charge in [-0.15, -0.1) is 0 Å². The van der Waals surface area contributed by atoms with Gasteiger partial charge in [-0.2, -0.15) is 0 Å². The third-order valence-electron chi connectivity index (χ3n) is 12.1. The van der Waals surface area contributed by atoms with E-state index in [2.05, 4.69) is 50.4 Å². The molecule has 6 nitrogen and oxygen atoms in total. The molecule has 1 amide bonds. The molecule has 0 aromatic carbocycles. The number of aliphatic hydroxyl groups excluding tert-OH is 2. The number of hydrogen-bond acceptors (Lipinski definition) is 5. The first kappa shape index (κ1) is 61.3. The maximum Gasteiger partial charge on any atom is 0.306 e. The van der Waals surface area contributed by atoms with Crippen molar-refractivity contribution in [2.75, 3.05) is 6.61 Å². The second-order valence-electron chi connectivity index (χ2n) is 18.4. The van der Waals surface area contributed by atoms with Gasteiger partial charge in [0.15, 0.2) is 0 Å². The number of carbonyl (C=O) groups excluding carboxylic acids is 2. The summed E-state index contributed by atoms with van der Waals surface area (Å²) in [4.78, 5) is 26.1. The van der Waals surface area contributed by atoms with Gasteiger partial charge in [0.1, 0.15) is 6.10 Å². The number of rotatable bonds is 48. The molecular formula is C58H103NO5. The molecule has 0 rings (SSSR count). The second kappa shape index (κ2) is 51.3. The third kappa shape index (κ3) is 45.9. The smallest absolute Gasteiger partial charge is 0.306 e. The van der Waals surface area contributed by atoms with Gasteiger partial charge in [0.05, 0.1) is 25.2 Å². The van der Waals surface area contributed by atoms with Crippen molar-refractivity contribution >= 4 is 11.9 Å². The minimum atomic E-state index is -0.805. The van der Waals surface area contributed by atoms with Gasteiger partial charge in [-0.3, -0.25) is 9.59 Å². The van der Waals surface area contributed by atoms with Crippen LogP contribution in [-0.4, -0.2) is 46.9 Å². The molecule has 0 aliphatic rings. The van der Waals surface area contributed by atoms with Crippen molar-refractivity contribution < 1.29 is 24.5 Å². The van der Waals surface area contributed by atoms with Crippen LogP contribution in [-0.2, 0) is 14.3 Å². The number of allylic oxidation sites excluding steroid dienone is 12. The van der Waals surface area contributed by atoms with Crippen LogP contribution in [0.5, 0.6) is 0 Å². The maximum atomic E-state index is 13.2. The van der Waals surface area contributed by atoms with Crippen molar-refractivity contribution in [3.05, 3.63) is 72.9 Å². The Kier molecular flexibility index (Phi) is 49.1. The lowest BCUT2D eigenvalue weighted by Gasteiger charge is -2.24. The molecule has 3 atom stereocenters. The van der Waals surface area contributed by atoms with E-state index in [1.54, 1.807) is 0 Å². The molecule has 0 aliphatic heterocycles. The van der Waals surface area contributed by atoms with Crippen LogP contribution in [0.25, 0.3) is 0 Å². The van der Waals surface area contributed by atoms with E-state index in [1.807, 2.05) is 48.6 Å². The van der Waals surface area contributed by atoms with Gasteiger partial charge in [-0.1, -0.05) is 254 Å². The van der Waals surface area contributed by atoms with Crippen molar-refractivity contribution in [3.8, 4) is 0 Å². The minimum absolute atomic E-state index is 0.0414. The molecule has 0 aromatic heterocycles. The van der Waals surface area contributed by atoms with Crippen molar-refractivity contribution in [2.24, 2.45) is 0 Å². The number of ether oxygens (including phenoxy) is 1. The normalized spacial score (nSPS) is 13.8. The van der Waals surface area contributed by atoms with Gasteiger partial charge >= 0.3 is 5.97 Å². The standard InChI is InChI=1S/C58H103NO5/c1-4-7-10-13-16-19-22-25-27-28-30-33-35-38-41-44-47-50-56(61)55(53-60)59-57(62)52-54(49-46-43-40-37-34-32-29-26-23-20-17-14-11-8-5-2)64-58(63)51-48-45-42-39-36-31-24-21-18-15-12-9-6-3/h9,12,15,18,21,24,26,29,31,36,39,42,54-56,60-61H,4-8,10-11,13-14,16-17,19-20,22-23,25,27-28,30,32-35,37-38,40-41,43-53H2,1-3H3,(H,59,62)/b12-9+,18-15+,24-21-,29-26+,36-31-,42-39+. The third-order valence-corrected chi connectivity index (χ3v) is 12.1. The molecule has 370 valence electrons. The van der Waals surface area contributed by atoms with Crippen LogP contribution in [0.2, 0.25) is 0 Å². The molecule has 0 aliphatic carbocycles. The summed E-state index contributed by atoms with van der Waals surface area (Å²) >= 11 is 0. The Labute approximate surface area is 396 Å². The number of esters is 1. The molecule has 0 saturated heterocycles. The number of unbranched alkanes of at least 4 members (excludes halogenated alkanes) is 28. The van der Waals surface area contributed by atoms with E-state index in [9.17, 15) is 19.8 Å². The van der Waals surface area contributed by atoms with E-state index >= 15 is 0 Å². The highest BCUT2D eigenvalue weighted by atomic mass is 16.5. The number of aliphatic hydroxyl groups is 2. The fourth-order valence-electron chi connectivity index (χ4n) is 8.04. The number of carbonyl (C=O) groups is 2. The highest BCUT2D eigenvalue weighted by Crippen LogP contribution is 2.18. The van der Waals surface area contributed by atoms with E-state index in [4.69, 9.17) is 4.74 Å². The Bertz CT molecular complexity index is 1190. The molecule has 0 fully saturated rings. The lowest BCUT2D eigenvalue weighted by Crippen LogP contribution is -2.46. The summed E-state index contributed by atoms with van der Waals surface area (Å²) < 4.78 is 5.90. The molecule has 64 heavy (non-hydrogen) atoms. The Morgan fingerprint density at radius 1 is 0.469 bits per heavy atom. The van der Waals surface area contributed by atoms with E-state index in [1.165, 1.54) is 148 Å². The summed E-state index contributed by atoms with van der Waals surface area (Å²) in [6.45, 7) is 6.33. The SMILES string of the molecule is CC/C=C/C=C/C=C\C=C/C=C/CCCC(=O)OC(CCCCCCC/C=C/CCCCCCCC)CC(=O)NC(CO)C(O)CCCCCCCCCCCCCCCCCCC. The zero-order valence-electron chi connectivity index (χ0n) is 42.1. The van der Waals surface area contributed by atoms with Crippen LogP contribution >= 0.6 is 0 Å². The van der Waals surface area contributed by atoms with Gasteiger partial charge in [-0.25, -0.2) is 0 Å². The zero-order valence-corrected chi connectivity index (χ0v) is 42.1. The van der Waals surface area contributed by atoms with E-state index in [0.717, 1.165) is 57.8 Å². The fraction of sp³-hybridized carbons (Fsp3) is 0.759. The summed E-state index contributed by atoms with van der Waals surface area (Å²) in [6.07, 6.45) is 65.4. The first-order chi connectivity index (χ1) is 31.5. The van der Waals surface area contributed by atoms with Gasteiger partial charge in [-0.05, 0) is 64.2 Å². The Morgan fingerprint density at radius 3 is 1.31 bits per heavy atom. The summed E-state index contributed by atoms with van der Waals surface area (Å²) in [5, 5.41) is 23.8. The van der Waals surface area contributed by atoms with Crippen LogP contribution in [0.15, 0.2) is 72.9 Å². The maximum absolute atomic E-state index is 13.2. The summed E-state index contributed by atoms with van der Waals surface area (Å²) in [7, 11) is 0. The highest BCUT2D eigenvalue weighted by Gasteiger charge is 2.24. The fourth-order valence-corrected chi connectivity index (χ4v) is 8.04. The van der Waals surface area contributed by atoms with Crippen molar-refractivity contribution in [1.29, 1.82) is 0 Å². The van der Waals surface area contributed by atoms with Crippen LogP contribution in [0, 0.1) is 0 Å². The zero-order chi connectivity index (χ0) is 46.7. The molecule has 3 N–H and O–H groups in total. The minimum Gasteiger partial charge on any atom is -0.462 e. The first-order valence-electron chi connectivity index (χ1n) is 27.2. The quantitative estimate of drug-likeness (QED) is 0.0245. The first-order valence-corrected chi connectivity index (χ1v) is 27.2. The molecule has 0 saturated carbocycles. The summed E-state index contributed by atoms with van der Waals surface area (Å²) in [5.74, 6) is -0.568. The van der Waals surface area contributed by atoms with Gasteiger partial charge in [0, 0.05) is 6.42 Å². The predicted molar refractivity (Wildman–Crippen MR) is 278 cm³/mol. The molecule has 3 unspecified atom stereocenters. The van der Waals surface area contributed by atoms with Gasteiger partial charge in [0.25, 0.3) is 0 Å². The molecule has 6 heteroatoms. The van der Waals surface area contributed by atoms with E-state index in [0.29, 0.717) is 25.7 Å². The second-order valence-corrected chi connectivity index (χ2v) is 18.4. The van der Waals surface area contributed by atoms with Crippen LogP contribution in [0.3, 0.4) is 0 Å². The number of nitrogens with one attached hydrogen (secondary N) is 1. The van der Waals surface area contributed by atoms with Crippen LogP contribution in [0.1, 0.15) is 258 Å². The average Bonchev–Trinajstić information content (AvgIpc) is 3.29. The van der Waals surface area contributed by atoms with Crippen molar-refractivity contribution in [2.45, 2.75) is 277 Å². The molecular weight excluding hydrogens is 791 g/mol. The average molecular weight is 894 g/mol. The monoisotopic (exact) mass is 894 g/mol. The lowest BCUT2D eigenvalue weighted by molar-refractivity contribution is -0.151. The van der Waals surface area contributed by atoms with Crippen molar-refractivity contribution in [1.82, 2.24) is 5.32 Å². The topological polar surface area (TPSA) is 95.9 Å². The van der Waals surface area contributed by atoms with Crippen molar-refractivity contribution in [3.63, 3.8) is 0 Å². The summed E-state index contributed by atoms with van der Waals surface area (Å²) in [6, 6.07) is -0.722. The molecule has 0 spiro atoms. The van der Waals surface area contributed by atoms with Gasteiger partial charge < -0.3 is 20.3 Å². The molecule has 0 aromatic rings. The number of hydrogen-bond donors (Lipinski definition) is 3. The Hall–Kier alpha value is -2.70. The highest BCUT2D eigenvalue weighted by molar-refractivity contribution is 5.77.